The topological polar surface area (TPSA) is 35.5 Å². The summed E-state index contributed by atoms with van der Waals surface area (Å²) in [6.07, 6.45) is 4.21. The molecule has 0 amide bonds. The molecule has 3 heteroatoms. The van der Waals surface area contributed by atoms with Gasteiger partial charge in [-0.3, -0.25) is 4.79 Å². The highest BCUT2D eigenvalue weighted by molar-refractivity contribution is 5.96. The summed E-state index contributed by atoms with van der Waals surface area (Å²) in [5.41, 5.74) is 0.682. The fraction of sp³-hybridized carbons (Fsp3) is 0.500. The molecule has 3 nitrogen and oxygen atoms in total. The lowest BCUT2D eigenvalue weighted by molar-refractivity contribution is 0.0977. The molecule has 0 bridgehead atoms. The summed E-state index contributed by atoms with van der Waals surface area (Å²) < 4.78 is 10.3. The van der Waals surface area contributed by atoms with E-state index in [0.29, 0.717) is 23.5 Å². The van der Waals surface area contributed by atoms with Gasteiger partial charge in [0.25, 0.3) is 0 Å². The van der Waals surface area contributed by atoms with Crippen LogP contribution in [0.15, 0.2) is 18.2 Å². The van der Waals surface area contributed by atoms with E-state index in [0.717, 1.165) is 12.3 Å². The van der Waals surface area contributed by atoms with Crippen LogP contribution in [0.2, 0.25) is 0 Å². The molecule has 0 spiro atoms. The van der Waals surface area contributed by atoms with Crippen molar-refractivity contribution >= 4 is 5.78 Å². The molecule has 92 valence electrons. The van der Waals surface area contributed by atoms with Gasteiger partial charge in [0, 0.05) is 18.1 Å². The molecule has 0 heterocycles. The highest BCUT2D eigenvalue weighted by Gasteiger charge is 2.22. The van der Waals surface area contributed by atoms with Crippen molar-refractivity contribution in [2.24, 2.45) is 5.92 Å². The number of benzene rings is 1. The van der Waals surface area contributed by atoms with Crippen molar-refractivity contribution < 1.29 is 14.3 Å². The smallest absolute Gasteiger partial charge is 0.163 e. The second kappa shape index (κ2) is 5.21. The van der Waals surface area contributed by atoms with Crippen LogP contribution in [0, 0.1) is 5.92 Å². The van der Waals surface area contributed by atoms with Crippen LogP contribution in [-0.2, 0) is 0 Å². The molecule has 2 rings (SSSR count). The first-order valence-corrected chi connectivity index (χ1v) is 5.99. The molecule has 1 aromatic rings. The Morgan fingerprint density at radius 3 is 2.24 bits per heavy atom. The number of carbonyl (C=O) groups excluding carboxylic acids is 1. The van der Waals surface area contributed by atoms with Gasteiger partial charge in [0.2, 0.25) is 0 Å². The number of carbonyl (C=O) groups is 1. The first-order chi connectivity index (χ1) is 8.22. The van der Waals surface area contributed by atoms with E-state index in [1.165, 1.54) is 12.8 Å². The third-order valence-corrected chi connectivity index (χ3v) is 3.15. The Hall–Kier alpha value is -1.51. The maximum Gasteiger partial charge on any atom is 0.163 e. The van der Waals surface area contributed by atoms with Gasteiger partial charge in [0.05, 0.1) is 14.2 Å². The van der Waals surface area contributed by atoms with Crippen molar-refractivity contribution in [3.8, 4) is 11.5 Å². The van der Waals surface area contributed by atoms with Gasteiger partial charge < -0.3 is 9.47 Å². The molecule has 0 aromatic heterocycles. The standard InChI is InChI=1S/C14H18O3/c1-16-12-7-11(8-13(9-12)17-2)14(15)6-5-10-3-4-10/h7-10H,3-6H2,1-2H3. The van der Waals surface area contributed by atoms with Gasteiger partial charge in [-0.2, -0.15) is 0 Å². The van der Waals surface area contributed by atoms with Crippen LogP contribution < -0.4 is 9.47 Å². The first-order valence-electron chi connectivity index (χ1n) is 5.99. The lowest BCUT2D eigenvalue weighted by Gasteiger charge is -2.07. The Kier molecular flexibility index (Phi) is 3.67. The van der Waals surface area contributed by atoms with E-state index in [9.17, 15) is 4.79 Å². The fourth-order valence-electron chi connectivity index (χ4n) is 1.85. The maximum absolute atomic E-state index is 12.0. The quantitative estimate of drug-likeness (QED) is 0.709. The molecule has 1 fully saturated rings. The van der Waals surface area contributed by atoms with Crippen LogP contribution in [0.25, 0.3) is 0 Å². The van der Waals surface area contributed by atoms with Crippen LogP contribution in [0.1, 0.15) is 36.0 Å². The normalized spacial score (nSPS) is 14.5. The molecule has 0 aliphatic heterocycles. The van der Waals surface area contributed by atoms with Crippen molar-refractivity contribution in [2.45, 2.75) is 25.7 Å². The lowest BCUT2D eigenvalue weighted by atomic mass is 10.0. The van der Waals surface area contributed by atoms with Crippen LogP contribution in [0.5, 0.6) is 11.5 Å². The van der Waals surface area contributed by atoms with Gasteiger partial charge in [0.1, 0.15) is 11.5 Å². The van der Waals surface area contributed by atoms with E-state index in [2.05, 4.69) is 0 Å². The summed E-state index contributed by atoms with van der Waals surface area (Å²) in [6, 6.07) is 5.33. The highest BCUT2D eigenvalue weighted by atomic mass is 16.5. The zero-order chi connectivity index (χ0) is 12.3. The van der Waals surface area contributed by atoms with E-state index in [1.54, 1.807) is 32.4 Å². The third kappa shape index (κ3) is 3.22. The van der Waals surface area contributed by atoms with Crippen molar-refractivity contribution in [1.82, 2.24) is 0 Å². The Morgan fingerprint density at radius 1 is 1.18 bits per heavy atom. The molecule has 1 aromatic carbocycles. The minimum Gasteiger partial charge on any atom is -0.497 e. The molecule has 1 aliphatic carbocycles. The number of methoxy groups -OCH3 is 2. The summed E-state index contributed by atoms with van der Waals surface area (Å²) in [5, 5.41) is 0. The molecule has 0 radical (unpaired) electrons. The summed E-state index contributed by atoms with van der Waals surface area (Å²) in [7, 11) is 3.18. The van der Waals surface area contributed by atoms with Crippen molar-refractivity contribution in [3.63, 3.8) is 0 Å². The SMILES string of the molecule is COc1cc(OC)cc(C(=O)CCC2CC2)c1. The third-order valence-electron chi connectivity index (χ3n) is 3.15. The molecule has 0 atom stereocenters. The Bertz CT molecular complexity index is 386. The molecule has 1 saturated carbocycles. The summed E-state index contributed by atoms with van der Waals surface area (Å²) >= 11 is 0. The number of hydrogen-bond acceptors (Lipinski definition) is 3. The van der Waals surface area contributed by atoms with Crippen molar-refractivity contribution in [2.75, 3.05) is 14.2 Å². The second-order valence-electron chi connectivity index (χ2n) is 4.51. The number of Topliss-reactive ketones (excluding diaryl/α,β-unsaturated/α-hetero) is 1. The van der Waals surface area contributed by atoms with Gasteiger partial charge in [-0.05, 0) is 24.5 Å². The maximum atomic E-state index is 12.0. The van der Waals surface area contributed by atoms with Gasteiger partial charge in [-0.25, -0.2) is 0 Å². The number of hydrogen-bond donors (Lipinski definition) is 0. The number of ether oxygens (including phenoxy) is 2. The minimum atomic E-state index is 0.175. The van der Waals surface area contributed by atoms with E-state index < -0.39 is 0 Å². The van der Waals surface area contributed by atoms with Crippen molar-refractivity contribution in [3.05, 3.63) is 23.8 Å². The predicted molar refractivity (Wildman–Crippen MR) is 65.8 cm³/mol. The molecule has 0 saturated heterocycles. The highest BCUT2D eigenvalue weighted by Crippen LogP contribution is 2.34. The lowest BCUT2D eigenvalue weighted by Crippen LogP contribution is -2.01. The van der Waals surface area contributed by atoms with Crippen molar-refractivity contribution in [1.29, 1.82) is 0 Å². The monoisotopic (exact) mass is 234 g/mol. The van der Waals surface area contributed by atoms with Crippen LogP contribution in [-0.4, -0.2) is 20.0 Å². The van der Waals surface area contributed by atoms with Gasteiger partial charge in [-0.1, -0.05) is 12.8 Å². The first kappa shape index (κ1) is 12.0. The van der Waals surface area contributed by atoms with Crippen LogP contribution >= 0.6 is 0 Å². The largest absolute Gasteiger partial charge is 0.497 e. The van der Waals surface area contributed by atoms with Crippen LogP contribution in [0.3, 0.4) is 0 Å². The van der Waals surface area contributed by atoms with Crippen LogP contribution in [0.4, 0.5) is 0 Å². The molecule has 1 aliphatic rings. The zero-order valence-electron chi connectivity index (χ0n) is 10.4. The van der Waals surface area contributed by atoms with E-state index >= 15 is 0 Å². The average molecular weight is 234 g/mol. The van der Waals surface area contributed by atoms with Gasteiger partial charge in [-0.15, -0.1) is 0 Å². The van der Waals surface area contributed by atoms with E-state index in [1.807, 2.05) is 0 Å². The molecule has 0 N–H and O–H groups in total. The molecular weight excluding hydrogens is 216 g/mol. The predicted octanol–water partition coefficient (Wildman–Crippen LogP) is 3.08. The summed E-state index contributed by atoms with van der Waals surface area (Å²) in [5.74, 6) is 2.29. The summed E-state index contributed by atoms with van der Waals surface area (Å²) in [6.45, 7) is 0. The second-order valence-corrected chi connectivity index (χ2v) is 4.51. The Morgan fingerprint density at radius 2 is 1.76 bits per heavy atom. The van der Waals surface area contributed by atoms with E-state index in [4.69, 9.17) is 9.47 Å². The molecular formula is C14H18O3. The number of ketones is 1. The van der Waals surface area contributed by atoms with E-state index in [-0.39, 0.29) is 5.78 Å². The fourth-order valence-corrected chi connectivity index (χ4v) is 1.85. The average Bonchev–Trinajstić information content (AvgIpc) is 3.19. The molecule has 0 unspecified atom stereocenters. The zero-order valence-corrected chi connectivity index (χ0v) is 10.4. The van der Waals surface area contributed by atoms with Gasteiger partial charge in [0.15, 0.2) is 5.78 Å². The summed E-state index contributed by atoms with van der Waals surface area (Å²) in [4.78, 5) is 12.0. The molecule has 17 heavy (non-hydrogen) atoms. The Labute approximate surface area is 102 Å². The number of rotatable bonds is 6. The minimum absolute atomic E-state index is 0.175. The van der Waals surface area contributed by atoms with Gasteiger partial charge >= 0.3 is 0 Å². The Balaban J connectivity index is 2.08.